The van der Waals surface area contributed by atoms with Crippen molar-refractivity contribution in [1.29, 1.82) is 0 Å². The second-order valence-electron chi connectivity index (χ2n) is 10.2. The van der Waals surface area contributed by atoms with Gasteiger partial charge < -0.3 is 15.5 Å². The van der Waals surface area contributed by atoms with Gasteiger partial charge in [0.2, 0.25) is 0 Å². The van der Waals surface area contributed by atoms with E-state index >= 15 is 0 Å². The van der Waals surface area contributed by atoms with Crippen LogP contribution in [0, 0.1) is 27.7 Å². The van der Waals surface area contributed by atoms with Gasteiger partial charge in [0.15, 0.2) is 0 Å². The number of aryl methyl sites for hydroxylation is 2. The van der Waals surface area contributed by atoms with E-state index in [1.54, 1.807) is 0 Å². The SMILES string of the molecule is Cc1cc(Br)c(O)c(CCNCCc2cc(C)cc(-c3ccccc3)c2O)c1.[CH2-]c1ccccc1.[CH2-]c1ccccc1.[Hf]. The summed E-state index contributed by atoms with van der Waals surface area (Å²) >= 11 is 3.39. The van der Waals surface area contributed by atoms with Crippen LogP contribution in [0.2, 0.25) is 0 Å². The number of aromatic hydroxyl groups is 2. The molecule has 0 atom stereocenters. The van der Waals surface area contributed by atoms with E-state index in [1.165, 1.54) is 0 Å². The van der Waals surface area contributed by atoms with Crippen molar-refractivity contribution in [3.8, 4) is 22.6 Å². The third-order valence-electron chi connectivity index (χ3n) is 6.53. The fourth-order valence-electron chi connectivity index (χ4n) is 4.41. The van der Waals surface area contributed by atoms with Gasteiger partial charge in [-0.05, 0) is 95.7 Å². The van der Waals surface area contributed by atoms with Gasteiger partial charge in [-0.1, -0.05) is 54.6 Å². The zero-order valence-electron chi connectivity index (χ0n) is 25.0. The van der Waals surface area contributed by atoms with Crippen LogP contribution >= 0.6 is 15.9 Å². The molecule has 3 N–H and O–H groups in total. The first-order chi connectivity index (χ1) is 20.2. The summed E-state index contributed by atoms with van der Waals surface area (Å²) in [4.78, 5) is 0. The Balaban J connectivity index is 0.000000350. The fraction of sp³-hybridized carbons (Fsp3) is 0.158. The van der Waals surface area contributed by atoms with Crippen molar-refractivity contribution in [2.24, 2.45) is 0 Å². The van der Waals surface area contributed by atoms with Gasteiger partial charge in [0, 0.05) is 31.4 Å². The molecule has 0 aliphatic carbocycles. The maximum Gasteiger partial charge on any atom is 0.133 e. The first kappa shape index (κ1) is 35.9. The zero-order chi connectivity index (χ0) is 30.3. The first-order valence-electron chi connectivity index (χ1n) is 14.0. The molecule has 43 heavy (non-hydrogen) atoms. The van der Waals surface area contributed by atoms with E-state index in [4.69, 9.17) is 0 Å². The monoisotopic (exact) mass is 801 g/mol. The number of nitrogens with one attached hydrogen (secondary N) is 1. The number of benzene rings is 5. The molecule has 0 amide bonds. The molecule has 0 fully saturated rings. The summed E-state index contributed by atoms with van der Waals surface area (Å²) in [6, 6.07) is 37.7. The maximum absolute atomic E-state index is 10.7. The largest absolute Gasteiger partial charge is 0.507 e. The summed E-state index contributed by atoms with van der Waals surface area (Å²) in [5.74, 6) is 0.676. The predicted octanol–water partition coefficient (Wildman–Crippen LogP) is 9.25. The van der Waals surface area contributed by atoms with Crippen molar-refractivity contribution in [2.75, 3.05) is 13.1 Å². The van der Waals surface area contributed by atoms with Gasteiger partial charge in [-0.3, -0.25) is 0 Å². The summed E-state index contributed by atoms with van der Waals surface area (Å²) in [5.41, 5.74) is 8.20. The molecule has 5 aromatic carbocycles. The van der Waals surface area contributed by atoms with Crippen LogP contribution in [0.4, 0.5) is 0 Å². The quantitative estimate of drug-likeness (QED) is 0.0875. The molecule has 0 saturated heterocycles. The Morgan fingerprint density at radius 1 is 0.605 bits per heavy atom. The molecular formula is C38H40BrHfNO2-2. The molecule has 0 saturated carbocycles. The smallest absolute Gasteiger partial charge is 0.133 e. The Kier molecular flexibility index (Phi) is 16.0. The average Bonchev–Trinajstić information content (AvgIpc) is 2.98. The Morgan fingerprint density at radius 2 is 1.02 bits per heavy atom. The molecule has 3 nitrogen and oxygen atoms in total. The molecule has 0 aliphatic heterocycles. The maximum atomic E-state index is 10.7. The molecule has 0 aliphatic rings. The van der Waals surface area contributed by atoms with Gasteiger partial charge in [0.1, 0.15) is 11.5 Å². The van der Waals surface area contributed by atoms with E-state index < -0.39 is 0 Å². The summed E-state index contributed by atoms with van der Waals surface area (Å²) < 4.78 is 0.737. The van der Waals surface area contributed by atoms with Crippen LogP contribution < -0.4 is 5.32 Å². The van der Waals surface area contributed by atoms with Crippen molar-refractivity contribution in [3.63, 3.8) is 0 Å². The van der Waals surface area contributed by atoms with E-state index in [9.17, 15) is 10.2 Å². The van der Waals surface area contributed by atoms with Gasteiger partial charge in [0.05, 0.1) is 4.47 Å². The minimum atomic E-state index is 0. The summed E-state index contributed by atoms with van der Waals surface area (Å²) in [6.07, 6.45) is 1.50. The number of phenols is 2. The number of phenolic OH excluding ortho intramolecular Hbond substituents is 2. The standard InChI is InChI=1S/C24H26BrNO2.2C7H7.Hf/c1-16-12-19(23(27)21(14-16)18-6-4-3-5-7-18)8-10-26-11-9-20-13-17(2)15-22(25)24(20)28;2*1-7-5-3-2-4-6-7;/h3-7,12-15,26-28H,8-11H2,1-2H3;2*2-6H,1H2;/q;2*-1;. The van der Waals surface area contributed by atoms with Gasteiger partial charge in [0.25, 0.3) is 0 Å². The van der Waals surface area contributed by atoms with Crippen molar-refractivity contribution < 1.29 is 36.1 Å². The second-order valence-corrected chi connectivity index (χ2v) is 11.0. The summed E-state index contributed by atoms with van der Waals surface area (Å²) in [5, 5.41) is 24.3. The Labute approximate surface area is 285 Å². The molecule has 0 radical (unpaired) electrons. The van der Waals surface area contributed by atoms with Crippen molar-refractivity contribution in [2.45, 2.75) is 26.7 Å². The van der Waals surface area contributed by atoms with Gasteiger partial charge in [-0.2, -0.15) is 49.2 Å². The molecular weight excluding hydrogens is 761 g/mol. The molecule has 5 heteroatoms. The molecule has 5 aromatic rings. The number of halogens is 1. The molecule has 0 aromatic heterocycles. The number of rotatable bonds is 7. The van der Waals surface area contributed by atoms with Gasteiger partial charge in [-0.15, -0.1) is 24.3 Å². The zero-order valence-corrected chi connectivity index (χ0v) is 30.2. The van der Waals surface area contributed by atoms with E-state index in [0.29, 0.717) is 11.5 Å². The Bertz CT molecular complexity index is 1470. The van der Waals surface area contributed by atoms with Crippen LogP contribution in [0.3, 0.4) is 0 Å². The summed E-state index contributed by atoms with van der Waals surface area (Å²) in [6.45, 7) is 13.0. The van der Waals surface area contributed by atoms with E-state index in [0.717, 1.165) is 74.9 Å². The molecule has 0 unspecified atom stereocenters. The van der Waals surface area contributed by atoms with Crippen molar-refractivity contribution >= 4 is 15.9 Å². The van der Waals surface area contributed by atoms with E-state index in [1.807, 2.05) is 122 Å². The van der Waals surface area contributed by atoms with Crippen LogP contribution in [0.5, 0.6) is 11.5 Å². The number of hydrogen-bond donors (Lipinski definition) is 3. The van der Waals surface area contributed by atoms with E-state index in [2.05, 4.69) is 42.0 Å². The summed E-state index contributed by atoms with van der Waals surface area (Å²) in [7, 11) is 0. The van der Waals surface area contributed by atoms with Crippen LogP contribution in [-0.4, -0.2) is 23.3 Å². The number of hydrogen-bond acceptors (Lipinski definition) is 3. The minimum absolute atomic E-state index is 0. The van der Waals surface area contributed by atoms with Crippen molar-refractivity contribution in [3.05, 3.63) is 167 Å². The minimum Gasteiger partial charge on any atom is -0.507 e. The Morgan fingerprint density at radius 3 is 1.47 bits per heavy atom. The molecule has 5 rings (SSSR count). The molecule has 0 spiro atoms. The normalized spacial score (nSPS) is 9.93. The molecule has 0 heterocycles. The van der Waals surface area contributed by atoms with Crippen LogP contribution in [0.1, 0.15) is 33.4 Å². The van der Waals surface area contributed by atoms with Gasteiger partial charge in [-0.25, -0.2) is 0 Å². The Hall–Kier alpha value is -3.25. The molecule has 0 bridgehead atoms. The van der Waals surface area contributed by atoms with Crippen LogP contribution in [-0.2, 0) is 38.7 Å². The fourth-order valence-corrected chi connectivity index (χ4v) is 5.02. The third-order valence-corrected chi connectivity index (χ3v) is 7.14. The van der Waals surface area contributed by atoms with Crippen LogP contribution in [0.15, 0.2) is 120 Å². The average molecular weight is 801 g/mol. The second kappa shape index (κ2) is 19.1. The van der Waals surface area contributed by atoms with Crippen molar-refractivity contribution in [1.82, 2.24) is 5.32 Å². The third kappa shape index (κ3) is 12.5. The first-order valence-corrected chi connectivity index (χ1v) is 14.8. The van der Waals surface area contributed by atoms with E-state index in [-0.39, 0.29) is 25.8 Å². The van der Waals surface area contributed by atoms with Crippen LogP contribution in [0.25, 0.3) is 11.1 Å². The topological polar surface area (TPSA) is 52.5 Å². The van der Waals surface area contributed by atoms with Gasteiger partial charge >= 0.3 is 0 Å². The predicted molar refractivity (Wildman–Crippen MR) is 181 cm³/mol. The molecule has 222 valence electrons.